The van der Waals surface area contributed by atoms with Crippen LogP contribution in [0, 0.1) is 0 Å². The Bertz CT molecular complexity index is 580. The minimum Gasteiger partial charge on any atom is -0.228 e. The molecule has 7 heteroatoms. The van der Waals surface area contributed by atoms with Crippen molar-refractivity contribution >= 4 is 29.5 Å². The Morgan fingerprint density at radius 3 is 1.84 bits per heavy atom. The first-order valence-electron chi connectivity index (χ1n) is 5.49. The van der Waals surface area contributed by atoms with Gasteiger partial charge in [0.25, 0.3) is 0 Å². The van der Waals surface area contributed by atoms with Crippen LogP contribution >= 0.6 is 10.8 Å². The van der Waals surface area contributed by atoms with Crippen molar-refractivity contribution in [3.8, 4) is 0 Å². The molecule has 0 saturated heterocycles. The van der Waals surface area contributed by atoms with E-state index in [-0.39, 0.29) is 17.3 Å². The Morgan fingerprint density at radius 2 is 1.42 bits per heavy atom. The van der Waals surface area contributed by atoms with Crippen molar-refractivity contribution in [3.63, 3.8) is 0 Å². The van der Waals surface area contributed by atoms with E-state index >= 15 is 0 Å². The smallest absolute Gasteiger partial charge is 0.209 e. The molecule has 4 nitrogen and oxygen atoms in total. The molecule has 0 aliphatic rings. The van der Waals surface area contributed by atoms with Crippen LogP contribution in [0.15, 0.2) is 35.3 Å². The van der Waals surface area contributed by atoms with Gasteiger partial charge in [0.15, 0.2) is 9.84 Å². The first kappa shape index (κ1) is 18.5. The Labute approximate surface area is 119 Å². The fourth-order valence-electron chi connectivity index (χ4n) is 1.30. The van der Waals surface area contributed by atoms with E-state index in [1.165, 1.54) is 5.41 Å². The first-order valence-corrected chi connectivity index (χ1v) is 10.4. The van der Waals surface area contributed by atoms with Gasteiger partial charge in [-0.2, -0.15) is 0 Å². The third kappa shape index (κ3) is 9.98. The van der Waals surface area contributed by atoms with Crippen LogP contribution in [0.25, 0.3) is 0 Å². The van der Waals surface area contributed by atoms with Gasteiger partial charge in [-0.05, 0) is 37.0 Å². The molecule has 0 aliphatic carbocycles. The zero-order valence-electron chi connectivity index (χ0n) is 11.5. The van der Waals surface area contributed by atoms with Gasteiger partial charge < -0.3 is 0 Å². The molecule has 0 rings (SSSR count). The number of hydrogen-bond acceptors (Lipinski definition) is 5. The zero-order valence-corrected chi connectivity index (χ0v) is 13.9. The van der Waals surface area contributed by atoms with E-state index in [1.54, 1.807) is 20.8 Å². The maximum absolute atomic E-state index is 11.7. The van der Waals surface area contributed by atoms with Crippen molar-refractivity contribution < 1.29 is 16.8 Å². The van der Waals surface area contributed by atoms with Crippen LogP contribution < -0.4 is 0 Å². The van der Waals surface area contributed by atoms with E-state index in [9.17, 15) is 16.8 Å². The summed E-state index contributed by atoms with van der Waals surface area (Å²) in [6.07, 6.45) is 0. The summed E-state index contributed by atoms with van der Waals surface area (Å²) < 4.78 is 46.5. The molecule has 0 spiro atoms. The van der Waals surface area contributed by atoms with Gasteiger partial charge in [0.05, 0.1) is 17.3 Å². The predicted octanol–water partition coefficient (Wildman–Crippen LogP) is 2.52. The summed E-state index contributed by atoms with van der Waals surface area (Å²) in [6.45, 7) is 12.0. The average Bonchev–Trinajstić information content (AvgIpc) is 2.09. The second-order valence-corrected chi connectivity index (χ2v) is 10.7. The van der Waals surface area contributed by atoms with Crippen LogP contribution in [0.2, 0.25) is 0 Å². The molecule has 0 aromatic carbocycles. The minimum absolute atomic E-state index is 0.0820. The van der Waals surface area contributed by atoms with Crippen molar-refractivity contribution in [1.82, 2.24) is 0 Å². The fourth-order valence-corrected chi connectivity index (χ4v) is 5.84. The number of sulfone groups is 1. The van der Waals surface area contributed by atoms with Crippen molar-refractivity contribution in [2.75, 3.05) is 17.3 Å². The maximum Gasteiger partial charge on any atom is 0.209 e. The van der Waals surface area contributed by atoms with Crippen LogP contribution in [-0.2, 0) is 18.7 Å². The van der Waals surface area contributed by atoms with Gasteiger partial charge in [-0.25, -0.2) is 16.8 Å². The Balaban J connectivity index is 4.69. The Morgan fingerprint density at radius 1 is 0.947 bits per heavy atom. The van der Waals surface area contributed by atoms with Gasteiger partial charge in [0.2, 0.25) is 8.87 Å². The first-order chi connectivity index (χ1) is 8.43. The second-order valence-electron chi connectivity index (χ2n) is 4.71. The summed E-state index contributed by atoms with van der Waals surface area (Å²) in [5, 5.41) is 1.37. The van der Waals surface area contributed by atoms with Crippen LogP contribution in [0.1, 0.15) is 20.8 Å². The molecular formula is C12H20O4S3. The summed E-state index contributed by atoms with van der Waals surface area (Å²) in [5.74, 6) is -0.350. The topological polar surface area (TPSA) is 68.3 Å². The SMILES string of the molecule is C=C(C)CS(=O)(=O)C/C(C)=C/SS(=O)(=O)CC(=C)C. The van der Waals surface area contributed by atoms with Gasteiger partial charge >= 0.3 is 0 Å². The normalized spacial score (nSPS) is 13.3. The lowest BCUT2D eigenvalue weighted by Crippen LogP contribution is -2.12. The van der Waals surface area contributed by atoms with Gasteiger partial charge in [-0.15, -0.1) is 0 Å². The quantitative estimate of drug-likeness (QED) is 0.507. The summed E-state index contributed by atoms with van der Waals surface area (Å²) in [7, 11) is -5.95. The van der Waals surface area contributed by atoms with Gasteiger partial charge in [-0.3, -0.25) is 0 Å². The fraction of sp³-hybridized carbons (Fsp3) is 0.500. The molecule has 0 radical (unpaired) electrons. The van der Waals surface area contributed by atoms with Crippen molar-refractivity contribution in [2.45, 2.75) is 20.8 Å². The molecule has 0 heterocycles. The molecule has 110 valence electrons. The number of hydrogen-bond donors (Lipinski definition) is 0. The lowest BCUT2D eigenvalue weighted by molar-refractivity contribution is 0.600. The molecule has 0 bridgehead atoms. The summed E-state index contributed by atoms with van der Waals surface area (Å²) in [4.78, 5) is 0. The van der Waals surface area contributed by atoms with E-state index < -0.39 is 18.7 Å². The molecular weight excluding hydrogens is 304 g/mol. The monoisotopic (exact) mass is 324 g/mol. The minimum atomic E-state index is -3.33. The summed E-state index contributed by atoms with van der Waals surface area (Å²) in [5.41, 5.74) is 1.61. The molecule has 0 fully saturated rings. The molecule has 0 unspecified atom stereocenters. The van der Waals surface area contributed by atoms with Crippen LogP contribution in [-0.4, -0.2) is 34.1 Å². The maximum atomic E-state index is 11.7. The zero-order chi connectivity index (χ0) is 15.3. The molecule has 19 heavy (non-hydrogen) atoms. The van der Waals surface area contributed by atoms with Crippen LogP contribution in [0.5, 0.6) is 0 Å². The average molecular weight is 324 g/mol. The molecule has 0 aliphatic heterocycles. The molecule has 0 atom stereocenters. The molecule has 0 N–H and O–H groups in total. The van der Waals surface area contributed by atoms with Gasteiger partial charge in [-0.1, -0.05) is 29.9 Å². The van der Waals surface area contributed by atoms with E-state index in [0.717, 1.165) is 0 Å². The Kier molecular flexibility index (Phi) is 7.10. The molecule has 0 aromatic heterocycles. The lowest BCUT2D eigenvalue weighted by atomic mass is 10.4. The summed E-state index contributed by atoms with van der Waals surface area (Å²) >= 11 is 0. The highest BCUT2D eigenvalue weighted by Crippen LogP contribution is 2.19. The third-order valence-electron chi connectivity index (χ3n) is 1.73. The third-order valence-corrected chi connectivity index (χ3v) is 6.72. The van der Waals surface area contributed by atoms with Crippen LogP contribution in [0.4, 0.5) is 0 Å². The van der Waals surface area contributed by atoms with E-state index in [4.69, 9.17) is 0 Å². The largest absolute Gasteiger partial charge is 0.228 e. The van der Waals surface area contributed by atoms with E-state index in [2.05, 4.69) is 13.2 Å². The highest BCUT2D eigenvalue weighted by Gasteiger charge is 2.14. The second kappa shape index (κ2) is 7.31. The Hall–Kier alpha value is -0.530. The standard InChI is InChI=1S/C12H20O4S3/c1-10(2)7-18(13,14)9-12(5)6-17-19(15,16)8-11(3)4/h6H,1,3,7-9H2,2,4-5H3/b12-6+. The van der Waals surface area contributed by atoms with Crippen molar-refractivity contribution in [1.29, 1.82) is 0 Å². The predicted molar refractivity (Wildman–Crippen MR) is 83.4 cm³/mol. The summed E-state index contributed by atoms with van der Waals surface area (Å²) in [6, 6.07) is 0. The molecule has 0 saturated carbocycles. The molecule has 0 aromatic rings. The number of rotatable bonds is 8. The van der Waals surface area contributed by atoms with E-state index in [0.29, 0.717) is 27.5 Å². The van der Waals surface area contributed by atoms with Crippen molar-refractivity contribution in [2.24, 2.45) is 0 Å². The van der Waals surface area contributed by atoms with Gasteiger partial charge in [0, 0.05) is 0 Å². The highest BCUT2D eigenvalue weighted by molar-refractivity contribution is 8.73. The van der Waals surface area contributed by atoms with E-state index in [1.807, 2.05) is 0 Å². The highest BCUT2D eigenvalue weighted by atomic mass is 33.1. The van der Waals surface area contributed by atoms with Crippen LogP contribution in [0.3, 0.4) is 0 Å². The van der Waals surface area contributed by atoms with Gasteiger partial charge in [0.1, 0.15) is 0 Å². The van der Waals surface area contributed by atoms with Crippen molar-refractivity contribution in [3.05, 3.63) is 35.3 Å². The molecule has 0 amide bonds. The lowest BCUT2D eigenvalue weighted by Gasteiger charge is -2.05.